The first-order valence-electron chi connectivity index (χ1n) is 4.10. The first kappa shape index (κ1) is 12.7. The molecule has 1 aromatic heterocycles. The molecule has 0 amide bonds. The highest BCUT2D eigenvalue weighted by atomic mass is 79.9. The number of ketones is 1. The lowest BCUT2D eigenvalue weighted by Crippen LogP contribution is -2.04. The molecule has 5 heteroatoms. The normalized spacial score (nSPS) is 10.9. The largest absolute Gasteiger partial charge is 0.293 e. The average Bonchev–Trinajstić information content (AvgIpc) is 2.41. The van der Waals surface area contributed by atoms with E-state index in [0.29, 0.717) is 11.0 Å². The lowest BCUT2D eigenvalue weighted by atomic mass is 10.2. The Bertz CT molecular complexity index is 334. The molecule has 0 bridgehead atoms. The summed E-state index contributed by atoms with van der Waals surface area (Å²) in [4.78, 5) is 11.7. The van der Waals surface area contributed by atoms with Crippen LogP contribution in [0, 0.1) is 0 Å². The molecule has 0 unspecified atom stereocenters. The van der Waals surface area contributed by atoms with Gasteiger partial charge in [0.1, 0.15) is 0 Å². The second-order valence-corrected chi connectivity index (χ2v) is 8.33. The SMILES string of the molecule is CC(C)SCC(=O)c1cc(Br)sc1Br. The molecule has 0 fully saturated rings. The monoisotopic (exact) mass is 356 g/mol. The van der Waals surface area contributed by atoms with Gasteiger partial charge in [-0.25, -0.2) is 0 Å². The lowest BCUT2D eigenvalue weighted by molar-refractivity contribution is 0.102. The fourth-order valence-corrected chi connectivity index (χ4v) is 4.35. The van der Waals surface area contributed by atoms with Crippen LogP contribution in [0.4, 0.5) is 0 Å². The topological polar surface area (TPSA) is 17.1 Å². The highest BCUT2D eigenvalue weighted by molar-refractivity contribution is 9.12. The Labute approximate surface area is 109 Å². The Kier molecular flexibility index (Phi) is 5.17. The number of rotatable bonds is 4. The number of hydrogen-bond acceptors (Lipinski definition) is 3. The molecule has 0 spiro atoms. The molecule has 1 rings (SSSR count). The first-order valence-corrected chi connectivity index (χ1v) is 7.55. The number of carbonyl (C=O) groups excluding carboxylic acids is 1. The highest BCUT2D eigenvalue weighted by Crippen LogP contribution is 2.32. The van der Waals surface area contributed by atoms with Gasteiger partial charge in [-0.15, -0.1) is 11.3 Å². The summed E-state index contributed by atoms with van der Waals surface area (Å²) < 4.78 is 1.90. The molecule has 0 saturated heterocycles. The summed E-state index contributed by atoms with van der Waals surface area (Å²) in [6, 6.07) is 1.87. The molecule has 0 saturated carbocycles. The van der Waals surface area contributed by atoms with Gasteiger partial charge in [-0.1, -0.05) is 13.8 Å². The van der Waals surface area contributed by atoms with Crippen molar-refractivity contribution in [2.45, 2.75) is 19.1 Å². The van der Waals surface area contributed by atoms with Crippen molar-refractivity contribution in [2.75, 3.05) is 5.75 Å². The number of hydrogen-bond donors (Lipinski definition) is 0. The molecular weight excluding hydrogens is 348 g/mol. The molecule has 0 N–H and O–H groups in total. The predicted octanol–water partition coefficient (Wildman–Crippen LogP) is 4.60. The molecular formula is C9H10Br2OS2. The third-order valence-electron chi connectivity index (χ3n) is 1.50. The van der Waals surface area contributed by atoms with Gasteiger partial charge < -0.3 is 0 Å². The van der Waals surface area contributed by atoms with Crippen LogP contribution >= 0.6 is 55.0 Å². The van der Waals surface area contributed by atoms with Gasteiger partial charge in [0.05, 0.1) is 13.3 Å². The molecule has 1 nitrogen and oxygen atoms in total. The molecule has 0 atom stereocenters. The van der Waals surface area contributed by atoms with E-state index < -0.39 is 0 Å². The van der Waals surface area contributed by atoms with Crippen LogP contribution in [0.3, 0.4) is 0 Å². The lowest BCUT2D eigenvalue weighted by Gasteiger charge is -2.02. The minimum Gasteiger partial charge on any atom is -0.293 e. The Hall–Kier alpha value is 0.680. The molecule has 0 aliphatic rings. The van der Waals surface area contributed by atoms with E-state index in [-0.39, 0.29) is 5.78 Å². The van der Waals surface area contributed by atoms with Gasteiger partial charge in [0.15, 0.2) is 5.78 Å². The van der Waals surface area contributed by atoms with Crippen molar-refractivity contribution >= 4 is 60.7 Å². The number of thiophene rings is 1. The molecule has 0 aliphatic carbocycles. The van der Waals surface area contributed by atoms with Crippen molar-refractivity contribution in [2.24, 2.45) is 0 Å². The number of thioether (sulfide) groups is 1. The second-order valence-electron chi connectivity index (χ2n) is 3.02. The van der Waals surface area contributed by atoms with Gasteiger partial charge in [-0.05, 0) is 43.2 Å². The molecule has 0 aromatic carbocycles. The third-order valence-corrected chi connectivity index (χ3v) is 4.94. The van der Waals surface area contributed by atoms with E-state index in [1.807, 2.05) is 6.07 Å². The fourth-order valence-electron chi connectivity index (χ4n) is 0.850. The zero-order chi connectivity index (χ0) is 10.7. The van der Waals surface area contributed by atoms with Crippen molar-refractivity contribution in [3.05, 3.63) is 19.2 Å². The van der Waals surface area contributed by atoms with Crippen LogP contribution in [-0.2, 0) is 0 Å². The minimum atomic E-state index is 0.192. The summed E-state index contributed by atoms with van der Waals surface area (Å²) in [5.74, 6) is 0.747. The predicted molar refractivity (Wildman–Crippen MR) is 71.6 cm³/mol. The van der Waals surface area contributed by atoms with Gasteiger partial charge in [-0.3, -0.25) is 4.79 Å². The number of Topliss-reactive ketones (excluding diaryl/α,β-unsaturated/α-hetero) is 1. The van der Waals surface area contributed by atoms with E-state index in [0.717, 1.165) is 13.1 Å². The van der Waals surface area contributed by atoms with E-state index in [1.165, 1.54) is 11.3 Å². The molecule has 14 heavy (non-hydrogen) atoms. The van der Waals surface area contributed by atoms with Gasteiger partial charge in [-0.2, -0.15) is 11.8 Å². The Morgan fingerprint density at radius 3 is 2.64 bits per heavy atom. The zero-order valence-corrected chi connectivity index (χ0v) is 12.6. The molecule has 1 heterocycles. The summed E-state index contributed by atoms with van der Waals surface area (Å²) in [6.45, 7) is 4.19. The molecule has 0 aliphatic heterocycles. The molecule has 0 radical (unpaired) electrons. The number of halogens is 2. The summed E-state index contributed by atoms with van der Waals surface area (Å²) in [7, 11) is 0. The van der Waals surface area contributed by atoms with Crippen LogP contribution in [0.15, 0.2) is 13.6 Å². The summed E-state index contributed by atoms with van der Waals surface area (Å²) in [5, 5.41) is 0.500. The van der Waals surface area contributed by atoms with Crippen molar-refractivity contribution in [1.82, 2.24) is 0 Å². The van der Waals surface area contributed by atoms with Crippen LogP contribution in [0.1, 0.15) is 24.2 Å². The number of carbonyl (C=O) groups is 1. The maximum atomic E-state index is 11.7. The van der Waals surface area contributed by atoms with E-state index >= 15 is 0 Å². The standard InChI is InChI=1S/C9H10Br2OS2/c1-5(2)13-4-7(12)6-3-8(10)14-9(6)11/h3,5H,4H2,1-2H3. The summed E-state index contributed by atoms with van der Waals surface area (Å²) in [6.07, 6.45) is 0. The second kappa shape index (κ2) is 5.68. The van der Waals surface area contributed by atoms with Crippen molar-refractivity contribution in [3.63, 3.8) is 0 Å². The van der Waals surface area contributed by atoms with Gasteiger partial charge in [0, 0.05) is 5.56 Å². The first-order chi connectivity index (χ1) is 6.50. The van der Waals surface area contributed by atoms with E-state index in [2.05, 4.69) is 45.7 Å². The van der Waals surface area contributed by atoms with Crippen molar-refractivity contribution in [3.8, 4) is 0 Å². The van der Waals surface area contributed by atoms with E-state index in [9.17, 15) is 4.79 Å². The highest BCUT2D eigenvalue weighted by Gasteiger charge is 2.13. The van der Waals surface area contributed by atoms with Crippen LogP contribution in [0.2, 0.25) is 0 Å². The Morgan fingerprint density at radius 1 is 1.57 bits per heavy atom. The van der Waals surface area contributed by atoms with Crippen LogP contribution in [0.25, 0.3) is 0 Å². The van der Waals surface area contributed by atoms with Gasteiger partial charge >= 0.3 is 0 Å². The molecule has 78 valence electrons. The molecule has 1 aromatic rings. The Balaban J connectivity index is 2.65. The van der Waals surface area contributed by atoms with Crippen LogP contribution < -0.4 is 0 Å². The van der Waals surface area contributed by atoms with E-state index in [4.69, 9.17) is 0 Å². The van der Waals surface area contributed by atoms with Crippen molar-refractivity contribution < 1.29 is 4.79 Å². The fraction of sp³-hybridized carbons (Fsp3) is 0.444. The van der Waals surface area contributed by atoms with Gasteiger partial charge in [0.25, 0.3) is 0 Å². The van der Waals surface area contributed by atoms with Crippen LogP contribution in [-0.4, -0.2) is 16.8 Å². The zero-order valence-electron chi connectivity index (χ0n) is 7.84. The van der Waals surface area contributed by atoms with Gasteiger partial charge in [0.2, 0.25) is 0 Å². The minimum absolute atomic E-state index is 0.192. The Morgan fingerprint density at radius 2 is 2.21 bits per heavy atom. The summed E-state index contributed by atoms with van der Waals surface area (Å²) >= 11 is 9.95. The third kappa shape index (κ3) is 3.68. The summed E-state index contributed by atoms with van der Waals surface area (Å²) in [5.41, 5.74) is 0.787. The van der Waals surface area contributed by atoms with Crippen LogP contribution in [0.5, 0.6) is 0 Å². The quantitative estimate of drug-likeness (QED) is 0.732. The van der Waals surface area contributed by atoms with Crippen molar-refractivity contribution in [1.29, 1.82) is 0 Å². The maximum Gasteiger partial charge on any atom is 0.174 e. The average molecular weight is 358 g/mol. The van der Waals surface area contributed by atoms with E-state index in [1.54, 1.807) is 11.8 Å². The maximum absolute atomic E-state index is 11.7. The smallest absolute Gasteiger partial charge is 0.174 e.